The minimum atomic E-state index is -1.11. The van der Waals surface area contributed by atoms with E-state index in [0.717, 1.165) is 35.0 Å². The fourth-order valence-electron chi connectivity index (χ4n) is 6.24. The summed E-state index contributed by atoms with van der Waals surface area (Å²) in [7, 11) is 0. The Hall–Kier alpha value is -3.79. The number of likely N-dealkylation sites (tertiary alicyclic amines) is 1. The van der Waals surface area contributed by atoms with Crippen molar-refractivity contribution in [2.24, 2.45) is 5.92 Å². The Balaban J connectivity index is 1.24. The molecule has 2 aromatic heterocycles. The molecule has 2 N–H and O–H groups in total. The summed E-state index contributed by atoms with van der Waals surface area (Å²) in [5.41, 5.74) is 3.67. The van der Waals surface area contributed by atoms with Gasteiger partial charge < -0.3 is 24.6 Å². The molecule has 222 valence electrons. The highest BCUT2D eigenvalue weighted by molar-refractivity contribution is 6.38. The lowest BCUT2D eigenvalue weighted by atomic mass is 9.86. The van der Waals surface area contributed by atoms with Crippen molar-refractivity contribution < 1.29 is 24.2 Å². The van der Waals surface area contributed by atoms with Crippen LogP contribution in [0.15, 0.2) is 36.7 Å². The standard InChI is InChI=1S/C31H36ClN5O5/c1-31(2,3)42-30(41)35-11-9-19(10-12-35)26-28(38)36(13-14-37(26)29(39)40)21-6-4-5-20(15-21)23-17-34-27-24(25(23)32)22(16-33-27)18-7-8-18/h4-6,15-19,26H,7-14H2,1-3H3,(H,33,34)(H,39,40). The lowest BCUT2D eigenvalue weighted by Crippen LogP contribution is -2.62. The summed E-state index contributed by atoms with van der Waals surface area (Å²) in [6.45, 7) is 6.72. The highest BCUT2D eigenvalue weighted by atomic mass is 35.5. The molecule has 2 aliphatic heterocycles. The number of aromatic nitrogens is 2. The number of benzene rings is 1. The maximum absolute atomic E-state index is 14.0. The number of piperidine rings is 1. The van der Waals surface area contributed by atoms with Gasteiger partial charge in [0.15, 0.2) is 0 Å². The van der Waals surface area contributed by atoms with Gasteiger partial charge >= 0.3 is 12.2 Å². The van der Waals surface area contributed by atoms with Gasteiger partial charge in [0.1, 0.15) is 17.3 Å². The van der Waals surface area contributed by atoms with Gasteiger partial charge in [0.05, 0.1) is 5.02 Å². The maximum atomic E-state index is 14.0. The molecule has 0 bridgehead atoms. The van der Waals surface area contributed by atoms with Crippen LogP contribution in [0.5, 0.6) is 0 Å². The van der Waals surface area contributed by atoms with E-state index >= 15 is 0 Å². The first-order valence-electron chi connectivity index (χ1n) is 14.6. The number of hydrogen-bond donors (Lipinski definition) is 2. The highest BCUT2D eigenvalue weighted by Crippen LogP contribution is 2.46. The Morgan fingerprint density at radius 3 is 2.50 bits per heavy atom. The first-order chi connectivity index (χ1) is 20.0. The number of amides is 3. The number of fused-ring (bicyclic) bond motifs is 1. The van der Waals surface area contributed by atoms with Gasteiger partial charge in [-0.15, -0.1) is 0 Å². The zero-order valence-corrected chi connectivity index (χ0v) is 24.9. The monoisotopic (exact) mass is 593 g/mol. The van der Waals surface area contributed by atoms with E-state index in [4.69, 9.17) is 16.3 Å². The van der Waals surface area contributed by atoms with Crippen molar-refractivity contribution in [2.45, 2.75) is 64.0 Å². The number of H-pyrrole nitrogens is 1. The minimum absolute atomic E-state index is 0.199. The van der Waals surface area contributed by atoms with E-state index in [0.29, 0.717) is 42.6 Å². The van der Waals surface area contributed by atoms with Crippen LogP contribution in [0.25, 0.3) is 22.2 Å². The molecule has 11 heteroatoms. The second-order valence-electron chi connectivity index (χ2n) is 12.5. The van der Waals surface area contributed by atoms with Gasteiger partial charge in [-0.25, -0.2) is 14.6 Å². The topological polar surface area (TPSA) is 119 Å². The van der Waals surface area contributed by atoms with Crippen molar-refractivity contribution in [3.05, 3.63) is 47.2 Å². The molecule has 0 spiro atoms. The summed E-state index contributed by atoms with van der Waals surface area (Å²) in [6.07, 6.45) is 5.56. The van der Waals surface area contributed by atoms with Crippen LogP contribution in [0.4, 0.5) is 15.3 Å². The molecule has 1 saturated carbocycles. The number of carbonyl (C=O) groups excluding carboxylic acids is 2. The van der Waals surface area contributed by atoms with Gasteiger partial charge in [0.25, 0.3) is 0 Å². The van der Waals surface area contributed by atoms with Gasteiger partial charge in [0.2, 0.25) is 5.91 Å². The lowest BCUT2D eigenvalue weighted by Gasteiger charge is -2.44. The summed E-state index contributed by atoms with van der Waals surface area (Å²) in [5, 5.41) is 11.6. The first-order valence-corrected chi connectivity index (χ1v) is 14.9. The molecule has 1 aliphatic carbocycles. The van der Waals surface area contributed by atoms with E-state index in [1.807, 2.05) is 51.2 Å². The SMILES string of the molecule is CC(C)(C)OC(=O)N1CCC(C2C(=O)N(c3cccc(-c4cnc5[nH]cc(C6CC6)c5c4Cl)c3)CCN2C(=O)O)CC1. The average Bonchev–Trinajstić information content (AvgIpc) is 3.70. The fourth-order valence-corrected chi connectivity index (χ4v) is 6.60. The molecule has 2 saturated heterocycles. The molecule has 4 heterocycles. The second kappa shape index (κ2) is 10.8. The summed E-state index contributed by atoms with van der Waals surface area (Å²) in [6, 6.07) is 6.79. The molecule has 3 fully saturated rings. The van der Waals surface area contributed by atoms with Crippen molar-refractivity contribution in [1.29, 1.82) is 0 Å². The van der Waals surface area contributed by atoms with E-state index in [9.17, 15) is 19.5 Å². The molecule has 6 rings (SSSR count). The number of ether oxygens (including phenoxy) is 1. The van der Waals surface area contributed by atoms with Crippen molar-refractivity contribution in [3.8, 4) is 11.1 Å². The molecule has 1 atom stereocenters. The molecule has 3 aromatic rings. The number of aromatic amines is 1. The number of pyridine rings is 1. The van der Waals surface area contributed by atoms with E-state index < -0.39 is 17.7 Å². The summed E-state index contributed by atoms with van der Waals surface area (Å²) in [4.78, 5) is 51.2. The Labute approximate surface area is 249 Å². The number of carbonyl (C=O) groups is 3. The Morgan fingerprint density at radius 2 is 1.83 bits per heavy atom. The van der Waals surface area contributed by atoms with Crippen LogP contribution >= 0.6 is 11.6 Å². The zero-order chi connectivity index (χ0) is 29.8. The molecule has 1 unspecified atom stereocenters. The summed E-state index contributed by atoms with van der Waals surface area (Å²) < 4.78 is 5.50. The van der Waals surface area contributed by atoms with Crippen molar-refractivity contribution in [2.75, 3.05) is 31.1 Å². The quantitative estimate of drug-likeness (QED) is 0.377. The minimum Gasteiger partial charge on any atom is -0.465 e. The van der Waals surface area contributed by atoms with Gasteiger partial charge in [-0.05, 0) is 81.5 Å². The van der Waals surface area contributed by atoms with E-state index in [1.54, 1.807) is 16.0 Å². The largest absolute Gasteiger partial charge is 0.465 e. The van der Waals surface area contributed by atoms with Crippen LogP contribution in [0.2, 0.25) is 5.02 Å². The number of hydrogen-bond acceptors (Lipinski definition) is 5. The third-order valence-corrected chi connectivity index (χ3v) is 8.85. The van der Waals surface area contributed by atoms with Crippen molar-refractivity contribution >= 4 is 46.4 Å². The average molecular weight is 594 g/mol. The number of piperazine rings is 1. The molecule has 1 aromatic carbocycles. The fraction of sp³-hybridized carbons (Fsp3) is 0.484. The van der Waals surface area contributed by atoms with E-state index in [1.165, 1.54) is 10.5 Å². The third kappa shape index (κ3) is 5.40. The number of anilines is 1. The van der Waals surface area contributed by atoms with Crippen LogP contribution in [0.3, 0.4) is 0 Å². The first kappa shape index (κ1) is 28.3. The highest BCUT2D eigenvalue weighted by Gasteiger charge is 2.44. The molecular formula is C31H36ClN5O5. The third-order valence-electron chi connectivity index (χ3n) is 8.46. The smallest absolute Gasteiger partial charge is 0.410 e. The van der Waals surface area contributed by atoms with Crippen LogP contribution in [-0.4, -0.2) is 80.8 Å². The van der Waals surface area contributed by atoms with Gasteiger partial charge in [-0.3, -0.25) is 9.69 Å². The normalized spacial score (nSPS) is 20.3. The van der Waals surface area contributed by atoms with Crippen LogP contribution in [0, 0.1) is 5.92 Å². The van der Waals surface area contributed by atoms with Crippen molar-refractivity contribution in [1.82, 2.24) is 19.8 Å². The van der Waals surface area contributed by atoms with Crippen molar-refractivity contribution in [3.63, 3.8) is 0 Å². The zero-order valence-electron chi connectivity index (χ0n) is 24.1. The van der Waals surface area contributed by atoms with Crippen LogP contribution in [-0.2, 0) is 9.53 Å². The Morgan fingerprint density at radius 1 is 1.10 bits per heavy atom. The number of rotatable bonds is 4. The Kier molecular flexibility index (Phi) is 7.29. The van der Waals surface area contributed by atoms with Crippen LogP contribution in [0.1, 0.15) is 57.9 Å². The predicted octanol–water partition coefficient (Wildman–Crippen LogP) is 6.10. The Bertz CT molecular complexity index is 1540. The van der Waals surface area contributed by atoms with Gasteiger partial charge in [0, 0.05) is 55.2 Å². The number of nitrogens with zero attached hydrogens (tertiary/aromatic N) is 4. The van der Waals surface area contributed by atoms with Crippen LogP contribution < -0.4 is 4.90 Å². The molecule has 42 heavy (non-hydrogen) atoms. The van der Waals surface area contributed by atoms with Gasteiger partial charge in [-0.1, -0.05) is 23.7 Å². The van der Waals surface area contributed by atoms with Gasteiger partial charge in [-0.2, -0.15) is 0 Å². The number of carboxylic acid groups (broad SMARTS) is 1. The number of halogens is 1. The summed E-state index contributed by atoms with van der Waals surface area (Å²) in [5.74, 6) is 0.0438. The second-order valence-corrected chi connectivity index (χ2v) is 12.9. The molecule has 0 radical (unpaired) electrons. The van der Waals surface area contributed by atoms with E-state index in [-0.39, 0.29) is 31.0 Å². The molecule has 10 nitrogen and oxygen atoms in total. The maximum Gasteiger partial charge on any atom is 0.410 e. The summed E-state index contributed by atoms with van der Waals surface area (Å²) >= 11 is 6.96. The molecular weight excluding hydrogens is 558 g/mol. The lowest BCUT2D eigenvalue weighted by molar-refractivity contribution is -0.127. The predicted molar refractivity (Wildman–Crippen MR) is 160 cm³/mol. The number of nitrogens with one attached hydrogen (secondary N) is 1. The van der Waals surface area contributed by atoms with E-state index in [2.05, 4.69) is 9.97 Å². The molecule has 3 amide bonds. The molecule has 3 aliphatic rings.